The summed E-state index contributed by atoms with van der Waals surface area (Å²) in [5, 5.41) is 94.3. The molecule has 17 atom stereocenters. The molecule has 1 aromatic carbocycles. The molecule has 2 aliphatic heterocycles. The number of thiol groups is 1. The van der Waals surface area contributed by atoms with E-state index in [1.54, 1.807) is 50.4 Å². The quantitative estimate of drug-likeness (QED) is 0.0127. The summed E-state index contributed by atoms with van der Waals surface area (Å²) in [4.78, 5) is 275. The predicted octanol–water partition coefficient (Wildman–Crippen LogP) is -8.00. The lowest BCUT2D eigenvalue weighted by atomic mass is 10.00. The van der Waals surface area contributed by atoms with Gasteiger partial charge in [0.15, 0.2) is 11.9 Å². The number of aliphatic hydroxyl groups excluding tert-OH is 1. The number of unbranched alkanes of at least 4 members (excludes halogenated alkanes) is 3. The number of amides is 16. The first-order chi connectivity index (χ1) is 66.0. The van der Waals surface area contributed by atoms with Crippen molar-refractivity contribution < 1.29 is 112 Å². The Morgan fingerprint density at radius 2 is 0.863 bits per heavy atom. The number of hydrogen-bond acceptors (Lipinski definition) is 29. The Morgan fingerprint density at radius 1 is 0.468 bits per heavy atom. The molecule has 2 fully saturated rings. The van der Waals surface area contributed by atoms with Crippen LogP contribution < -0.4 is 119 Å². The molecule has 776 valence electrons. The summed E-state index contributed by atoms with van der Waals surface area (Å²) in [5.74, 6) is -20.9. The second-order valence-electron chi connectivity index (χ2n) is 34.3. The van der Waals surface area contributed by atoms with E-state index in [2.05, 4.69) is 108 Å². The summed E-state index contributed by atoms with van der Waals surface area (Å²) >= 11 is 5.32. The Kier molecular flexibility index (Phi) is 53.9. The van der Waals surface area contributed by atoms with Gasteiger partial charge in [0, 0.05) is 51.0 Å². The van der Waals surface area contributed by atoms with E-state index in [9.17, 15) is 102 Å². The van der Waals surface area contributed by atoms with Gasteiger partial charge in [0.2, 0.25) is 94.5 Å². The number of aromatic nitrogens is 2. The smallest absolute Gasteiger partial charge is 0.328 e. The minimum atomic E-state index is -1.97. The molecule has 0 saturated carbocycles. The highest BCUT2D eigenvalue weighted by molar-refractivity contribution is 7.98. The van der Waals surface area contributed by atoms with Gasteiger partial charge in [-0.3, -0.25) is 97.1 Å². The maximum absolute atomic E-state index is 15.1. The molecule has 1 aromatic heterocycles. The van der Waals surface area contributed by atoms with Gasteiger partial charge in [-0.1, -0.05) is 44.2 Å². The minimum absolute atomic E-state index is 0.000499. The number of imidazole rings is 1. The van der Waals surface area contributed by atoms with Crippen LogP contribution in [-0.2, 0) is 104 Å². The number of aliphatic hydroxyl groups is 1. The molecule has 2 saturated heterocycles. The summed E-state index contributed by atoms with van der Waals surface area (Å²) < 4.78 is 0. The highest BCUT2D eigenvalue weighted by atomic mass is 32.2. The maximum Gasteiger partial charge on any atom is 0.328 e. The highest BCUT2D eigenvalue weighted by Gasteiger charge is 2.46. The zero-order chi connectivity index (χ0) is 104. The van der Waals surface area contributed by atoms with Crippen LogP contribution in [0.1, 0.15) is 174 Å². The third-order valence-corrected chi connectivity index (χ3v) is 23.6. The van der Waals surface area contributed by atoms with Gasteiger partial charge in [-0.2, -0.15) is 24.4 Å². The lowest BCUT2D eigenvalue weighted by Crippen LogP contribution is -2.61. The van der Waals surface area contributed by atoms with E-state index < -0.39 is 241 Å². The molecule has 0 aliphatic carbocycles. The normalized spacial score (nSPS) is 16.6. The minimum Gasteiger partial charge on any atom is -0.481 e. The zero-order valence-corrected chi connectivity index (χ0v) is 80.7. The molecule has 16 amide bonds. The number of carbonyl (C=O) groups is 19. The Balaban J connectivity index is 1.56. The van der Waals surface area contributed by atoms with Crippen LogP contribution in [0.4, 0.5) is 0 Å². The Hall–Kier alpha value is -12.6. The van der Waals surface area contributed by atoms with Crippen molar-refractivity contribution in [3.8, 4) is 0 Å². The van der Waals surface area contributed by atoms with Crippen LogP contribution in [0.2, 0.25) is 0 Å². The number of aromatic amines is 1. The largest absolute Gasteiger partial charge is 0.481 e. The van der Waals surface area contributed by atoms with Gasteiger partial charge in [-0.05, 0) is 179 Å². The first-order valence-corrected chi connectivity index (χ1v) is 48.3. The number of nitrogens with zero attached hydrogens (tertiary/aromatic N) is 3. The van der Waals surface area contributed by atoms with Crippen molar-refractivity contribution in [3.63, 3.8) is 0 Å². The van der Waals surface area contributed by atoms with Gasteiger partial charge in [-0.25, -0.2) is 9.78 Å². The number of guanidine groups is 2. The number of nitrogens with two attached hydrogens (primary N) is 6. The molecule has 0 radical (unpaired) electrons. The fourth-order valence-corrected chi connectivity index (χ4v) is 15.8. The van der Waals surface area contributed by atoms with E-state index in [0.717, 1.165) is 0 Å². The highest BCUT2D eigenvalue weighted by Crippen LogP contribution is 2.27. The topological polar surface area (TPSA) is 837 Å². The number of carboxylic acid groups (broad SMARTS) is 3. The molecule has 4 rings (SSSR count). The average Bonchev–Trinajstić information content (AvgIpc) is 1.66. The SMILES string of the molecule is CSCCC(NC(=O)C(CCCCN)NC(=O)C(CCCCN)NC(=O)C(CC(=O)O)NC(=O)C(CCCCN)NC(=O)C(N)CCCNC(=N)N)C(=O)NC(CC(=O)O)C(=O)NC(C)C(=O)NC(Cc1c[nH]cn1)C(=O)N1CCCC1C(=O)N1CCCC1C(=O)NC(CCCNC(=N)N)C(=O)NC(CC(C)C)C(=O)NC(Cc1ccccc1)C(=O)NC(C)C(=O)NC(CS)C(=O)NC(CO)C(=O)O. The predicted molar refractivity (Wildman–Crippen MR) is 511 cm³/mol. The summed E-state index contributed by atoms with van der Waals surface area (Å²) in [6.07, 6.45) is 4.08. The molecule has 0 spiro atoms. The summed E-state index contributed by atoms with van der Waals surface area (Å²) in [7, 11) is 0. The first-order valence-electron chi connectivity index (χ1n) is 46.3. The third kappa shape index (κ3) is 42.7. The summed E-state index contributed by atoms with van der Waals surface area (Å²) in [5.41, 5.74) is 35.1. The van der Waals surface area contributed by atoms with Crippen LogP contribution in [0.15, 0.2) is 42.9 Å². The lowest BCUT2D eigenvalue weighted by Gasteiger charge is -2.33. The van der Waals surface area contributed by atoms with Crippen molar-refractivity contribution in [1.82, 2.24) is 105 Å². The molecule has 0 bridgehead atoms. The zero-order valence-electron chi connectivity index (χ0n) is 79.0. The van der Waals surface area contributed by atoms with E-state index in [1.165, 1.54) is 47.9 Å². The van der Waals surface area contributed by atoms with Crippen molar-refractivity contribution in [2.45, 2.75) is 278 Å². The van der Waals surface area contributed by atoms with Crippen molar-refractivity contribution in [2.24, 2.45) is 40.3 Å². The number of likely N-dealkylation sites (tertiary alicyclic amines) is 2. The van der Waals surface area contributed by atoms with Gasteiger partial charge >= 0.3 is 17.9 Å². The molecule has 3 heterocycles. The number of carboxylic acids is 3. The number of hydrogen-bond donors (Lipinski definition) is 30. The van der Waals surface area contributed by atoms with E-state index in [1.807, 2.05) is 0 Å². The molecule has 2 aromatic rings. The number of nitrogens with one attached hydrogen (secondary N) is 19. The lowest BCUT2D eigenvalue weighted by molar-refractivity contribution is -0.148. The molecule has 35 N–H and O–H groups in total. The number of rotatable bonds is 66. The van der Waals surface area contributed by atoms with Crippen LogP contribution in [-0.4, -0.2) is 337 Å². The average molecular weight is 2000 g/mol. The van der Waals surface area contributed by atoms with Crippen molar-refractivity contribution in [2.75, 3.05) is 70.2 Å². The van der Waals surface area contributed by atoms with Gasteiger partial charge in [0.1, 0.15) is 96.7 Å². The van der Waals surface area contributed by atoms with E-state index in [-0.39, 0.29) is 178 Å². The van der Waals surface area contributed by atoms with Crippen LogP contribution in [0.5, 0.6) is 0 Å². The van der Waals surface area contributed by atoms with Crippen LogP contribution in [0.25, 0.3) is 0 Å². The van der Waals surface area contributed by atoms with E-state index in [0.29, 0.717) is 37.7 Å². The second kappa shape index (κ2) is 63.1. The summed E-state index contributed by atoms with van der Waals surface area (Å²) in [6, 6.07) is -17.0. The Bertz CT molecular complexity index is 4430. The fourth-order valence-electron chi connectivity index (χ4n) is 15.0. The Morgan fingerprint density at radius 3 is 1.32 bits per heavy atom. The number of benzene rings is 1. The summed E-state index contributed by atoms with van der Waals surface area (Å²) in [6.45, 7) is 5.70. The van der Waals surface area contributed by atoms with E-state index >= 15 is 9.59 Å². The molecule has 53 heteroatoms. The second-order valence-corrected chi connectivity index (χ2v) is 35.6. The van der Waals surface area contributed by atoms with Crippen molar-refractivity contribution in [1.29, 1.82) is 10.8 Å². The first kappa shape index (κ1) is 119. The molecule has 51 nitrogen and oxygen atoms in total. The third-order valence-electron chi connectivity index (χ3n) is 22.6. The molecular formula is C86H142N28O23S2. The van der Waals surface area contributed by atoms with Gasteiger partial charge < -0.3 is 155 Å². The van der Waals surface area contributed by atoms with Gasteiger partial charge in [0.05, 0.1) is 37.5 Å². The fraction of sp³-hybridized carbons (Fsp3) is 0.651. The van der Waals surface area contributed by atoms with Crippen LogP contribution >= 0.6 is 24.4 Å². The maximum atomic E-state index is 15.1. The molecule has 17 unspecified atom stereocenters. The van der Waals surface area contributed by atoms with Crippen molar-refractivity contribution >= 4 is 149 Å². The number of carbonyl (C=O) groups excluding carboxylic acids is 16. The van der Waals surface area contributed by atoms with Crippen molar-refractivity contribution in [3.05, 3.63) is 54.1 Å². The van der Waals surface area contributed by atoms with E-state index in [4.69, 9.17) is 45.2 Å². The monoisotopic (exact) mass is 2000 g/mol. The molecular weight excluding hydrogens is 1860 g/mol. The number of H-pyrrole nitrogens is 1. The van der Waals surface area contributed by atoms with Gasteiger partial charge in [-0.15, -0.1) is 0 Å². The standard InChI is InChI=1S/C86H142N28O23S2/c1-46(2)37-57(78(130)107-58(38-49-19-7-6-8-20-49)76(128)99-48(4)69(121)112-63(44-138)80(132)111-62(43-115)84(136)137)106-74(126)55(25-16-33-97-86(93)94)105-81(133)64-26-17-34-113(64)83(135)65-27-18-35-114(65)82(134)61(39-50-42-95-45-98-50)110-68(120)47(3)100-77(129)59(40-66(116)117)108-75(127)56(28-36-139-5)104-72(124)53(23-10-13-30-88)102-71(123)54(24-11-14-31-89)103-79(131)60(41-67(118)119)109-73(125)52(22-9-12-29-87)101-70(122)51(90)21-15-32-96-85(91)92/h6-8,19-20,42,45-48,51-65,115,138H,9-18,21-41,43-44,87-90H2,1-5H3,(H,95,98)(H,99,128)(H,100,129)(H,101,122)(H,102,123)(H,103,131)(H,104,124)(H,105,133)(H,106,126)(H,107,130)(H,108,127)(H,109,125)(H,110,120)(H,111,132)(H,112,121)(H,116,117)(H,118,119)(H,136,137)(H4,91,92,96)(H4,93,94,97). The molecule has 2 aliphatic rings. The molecule has 139 heavy (non-hydrogen) atoms. The van der Waals surface area contributed by atoms with Crippen LogP contribution in [0, 0.1) is 16.7 Å². The van der Waals surface area contributed by atoms with Gasteiger partial charge in [0.25, 0.3) is 0 Å². The number of aliphatic carboxylic acids is 3. The number of thioether (sulfide) groups is 1. The Labute approximate surface area is 814 Å². The van der Waals surface area contributed by atoms with Crippen LogP contribution in [0.3, 0.4) is 0 Å².